The molecular weight excluding hydrogens is 322 g/mol. The van der Waals surface area contributed by atoms with Crippen molar-refractivity contribution in [2.75, 3.05) is 32.7 Å². The maximum absolute atomic E-state index is 12.5. The van der Waals surface area contributed by atoms with Gasteiger partial charge in [-0.2, -0.15) is 0 Å². The van der Waals surface area contributed by atoms with Crippen LogP contribution in [0.25, 0.3) is 0 Å². The van der Waals surface area contributed by atoms with Gasteiger partial charge in [0.15, 0.2) is 0 Å². The minimum atomic E-state index is -0.918. The summed E-state index contributed by atoms with van der Waals surface area (Å²) in [6.07, 6.45) is 5.36. The summed E-state index contributed by atoms with van der Waals surface area (Å²) in [5, 5.41) is 14.9. The number of carboxylic acids is 1. The molecule has 0 aromatic heterocycles. The molecule has 0 bridgehead atoms. The van der Waals surface area contributed by atoms with Crippen molar-refractivity contribution in [2.24, 2.45) is 17.8 Å². The third-order valence-corrected chi connectivity index (χ3v) is 5.37. The molecule has 2 fully saturated rings. The van der Waals surface area contributed by atoms with E-state index in [2.05, 4.69) is 10.6 Å². The van der Waals surface area contributed by atoms with E-state index >= 15 is 0 Å². The van der Waals surface area contributed by atoms with Crippen molar-refractivity contribution in [2.45, 2.75) is 45.4 Å². The molecular formula is C18H31N3O4. The standard InChI is InChI=1S/C18H31N3O4/c1-13(18(24)25)11-20-17(23)15-3-2-10-21(12-15)16(22)5-4-14-6-8-19-9-7-14/h13-15,19H,2-12H2,1H3,(H,20,23)(H,24,25)/t13-,15-/m1/s1. The zero-order valence-electron chi connectivity index (χ0n) is 15.1. The van der Waals surface area contributed by atoms with Gasteiger partial charge in [0.2, 0.25) is 11.8 Å². The molecule has 25 heavy (non-hydrogen) atoms. The smallest absolute Gasteiger partial charge is 0.308 e. The van der Waals surface area contributed by atoms with Crippen LogP contribution < -0.4 is 10.6 Å². The van der Waals surface area contributed by atoms with Crippen molar-refractivity contribution in [1.82, 2.24) is 15.5 Å². The Morgan fingerprint density at radius 3 is 2.64 bits per heavy atom. The molecule has 0 aromatic rings. The van der Waals surface area contributed by atoms with Gasteiger partial charge in [-0.15, -0.1) is 0 Å². The summed E-state index contributed by atoms with van der Waals surface area (Å²) >= 11 is 0. The van der Waals surface area contributed by atoms with Gasteiger partial charge in [-0.25, -0.2) is 0 Å². The number of likely N-dealkylation sites (tertiary alicyclic amines) is 1. The van der Waals surface area contributed by atoms with Crippen molar-refractivity contribution in [3.8, 4) is 0 Å². The molecule has 2 amide bonds. The van der Waals surface area contributed by atoms with Crippen LogP contribution in [0.3, 0.4) is 0 Å². The number of hydrogen-bond acceptors (Lipinski definition) is 4. The summed E-state index contributed by atoms with van der Waals surface area (Å²) < 4.78 is 0. The quantitative estimate of drug-likeness (QED) is 0.630. The molecule has 2 heterocycles. The Labute approximate surface area is 149 Å². The lowest BCUT2D eigenvalue weighted by Gasteiger charge is -2.33. The van der Waals surface area contributed by atoms with Gasteiger partial charge in [0.1, 0.15) is 0 Å². The van der Waals surface area contributed by atoms with Crippen LogP contribution >= 0.6 is 0 Å². The van der Waals surface area contributed by atoms with Gasteiger partial charge >= 0.3 is 5.97 Å². The Morgan fingerprint density at radius 2 is 1.96 bits per heavy atom. The van der Waals surface area contributed by atoms with Crippen LogP contribution in [0.4, 0.5) is 0 Å². The number of carboxylic acid groups (broad SMARTS) is 1. The number of aliphatic carboxylic acids is 1. The molecule has 2 saturated heterocycles. The predicted molar refractivity (Wildman–Crippen MR) is 93.9 cm³/mol. The zero-order chi connectivity index (χ0) is 18.2. The van der Waals surface area contributed by atoms with Gasteiger partial charge in [0.25, 0.3) is 0 Å². The van der Waals surface area contributed by atoms with Crippen molar-refractivity contribution in [1.29, 1.82) is 0 Å². The Morgan fingerprint density at radius 1 is 1.24 bits per heavy atom. The topological polar surface area (TPSA) is 98.7 Å². The third-order valence-electron chi connectivity index (χ3n) is 5.37. The first kappa shape index (κ1) is 19.7. The molecule has 7 heteroatoms. The molecule has 0 spiro atoms. The van der Waals surface area contributed by atoms with Gasteiger partial charge in [-0.3, -0.25) is 14.4 Å². The Hall–Kier alpha value is -1.63. The number of amides is 2. The average molecular weight is 353 g/mol. The van der Waals surface area contributed by atoms with E-state index in [1.807, 2.05) is 4.90 Å². The first-order valence-electron chi connectivity index (χ1n) is 9.46. The van der Waals surface area contributed by atoms with Crippen LogP contribution in [0, 0.1) is 17.8 Å². The summed E-state index contributed by atoms with van der Waals surface area (Å²) in [4.78, 5) is 37.4. The summed E-state index contributed by atoms with van der Waals surface area (Å²) in [7, 11) is 0. The highest BCUT2D eigenvalue weighted by Gasteiger charge is 2.29. The monoisotopic (exact) mass is 353 g/mol. The number of rotatable bonds is 7. The number of carbonyl (C=O) groups excluding carboxylic acids is 2. The molecule has 0 aliphatic carbocycles. The van der Waals surface area contributed by atoms with Gasteiger partial charge in [0, 0.05) is 26.1 Å². The zero-order valence-corrected chi connectivity index (χ0v) is 15.1. The molecule has 0 saturated carbocycles. The second-order valence-electron chi connectivity index (χ2n) is 7.40. The van der Waals surface area contributed by atoms with E-state index in [0.29, 0.717) is 18.9 Å². The predicted octanol–water partition coefficient (Wildman–Crippen LogP) is 0.842. The molecule has 2 atom stereocenters. The molecule has 3 N–H and O–H groups in total. The fraction of sp³-hybridized carbons (Fsp3) is 0.833. The number of nitrogens with zero attached hydrogens (tertiary/aromatic N) is 1. The first-order chi connectivity index (χ1) is 12.0. The summed E-state index contributed by atoms with van der Waals surface area (Å²) in [6, 6.07) is 0. The first-order valence-corrected chi connectivity index (χ1v) is 9.46. The van der Waals surface area contributed by atoms with Crippen LogP contribution in [0.2, 0.25) is 0 Å². The lowest BCUT2D eigenvalue weighted by Crippen LogP contribution is -2.46. The van der Waals surface area contributed by atoms with Crippen LogP contribution in [0.15, 0.2) is 0 Å². The molecule has 7 nitrogen and oxygen atoms in total. The second kappa shape index (κ2) is 9.75. The molecule has 2 aliphatic rings. The van der Waals surface area contributed by atoms with E-state index in [4.69, 9.17) is 5.11 Å². The number of carbonyl (C=O) groups is 3. The Balaban J connectivity index is 1.74. The fourth-order valence-electron chi connectivity index (χ4n) is 3.56. The number of hydrogen-bond donors (Lipinski definition) is 3. The number of piperidine rings is 2. The van der Waals surface area contributed by atoms with Gasteiger partial charge in [-0.05, 0) is 51.1 Å². The highest BCUT2D eigenvalue weighted by molar-refractivity contribution is 5.82. The molecule has 0 radical (unpaired) electrons. The average Bonchev–Trinajstić information content (AvgIpc) is 2.64. The van der Waals surface area contributed by atoms with Gasteiger partial charge in [0.05, 0.1) is 11.8 Å². The largest absolute Gasteiger partial charge is 0.481 e. The molecule has 0 unspecified atom stereocenters. The molecule has 2 rings (SSSR count). The van der Waals surface area contributed by atoms with Gasteiger partial charge in [-0.1, -0.05) is 6.92 Å². The van der Waals surface area contributed by atoms with Crippen LogP contribution in [0.1, 0.15) is 45.4 Å². The third kappa shape index (κ3) is 6.30. The van der Waals surface area contributed by atoms with E-state index in [9.17, 15) is 14.4 Å². The minimum Gasteiger partial charge on any atom is -0.481 e. The lowest BCUT2D eigenvalue weighted by molar-refractivity contribution is -0.141. The van der Waals surface area contributed by atoms with E-state index in [1.165, 1.54) is 0 Å². The summed E-state index contributed by atoms with van der Waals surface area (Å²) in [6.45, 7) is 4.96. The molecule has 0 aromatic carbocycles. The van der Waals surface area contributed by atoms with E-state index in [0.717, 1.165) is 51.7 Å². The van der Waals surface area contributed by atoms with Crippen LogP contribution in [-0.4, -0.2) is 60.5 Å². The number of nitrogens with one attached hydrogen (secondary N) is 2. The van der Waals surface area contributed by atoms with Crippen molar-refractivity contribution >= 4 is 17.8 Å². The SMILES string of the molecule is C[C@H](CNC(=O)[C@@H]1CCCN(C(=O)CCC2CCNCC2)C1)C(=O)O. The second-order valence-corrected chi connectivity index (χ2v) is 7.40. The van der Waals surface area contributed by atoms with Crippen LogP contribution in [0.5, 0.6) is 0 Å². The van der Waals surface area contributed by atoms with E-state index in [1.54, 1.807) is 6.92 Å². The summed E-state index contributed by atoms with van der Waals surface area (Å²) in [5.74, 6) is -1.10. The highest BCUT2D eigenvalue weighted by Crippen LogP contribution is 2.21. The highest BCUT2D eigenvalue weighted by atomic mass is 16.4. The Kier molecular flexibility index (Phi) is 7.68. The minimum absolute atomic E-state index is 0.133. The maximum atomic E-state index is 12.5. The molecule has 142 valence electrons. The summed E-state index contributed by atoms with van der Waals surface area (Å²) in [5.41, 5.74) is 0. The maximum Gasteiger partial charge on any atom is 0.308 e. The normalized spacial score (nSPS) is 23.1. The van der Waals surface area contributed by atoms with E-state index < -0.39 is 11.9 Å². The van der Waals surface area contributed by atoms with Crippen molar-refractivity contribution in [3.05, 3.63) is 0 Å². The van der Waals surface area contributed by atoms with Gasteiger partial charge < -0.3 is 20.6 Å². The lowest BCUT2D eigenvalue weighted by atomic mass is 9.92. The van der Waals surface area contributed by atoms with E-state index in [-0.39, 0.29) is 24.3 Å². The Bertz CT molecular complexity index is 477. The fourth-order valence-corrected chi connectivity index (χ4v) is 3.56. The van der Waals surface area contributed by atoms with Crippen molar-refractivity contribution < 1.29 is 19.5 Å². The van der Waals surface area contributed by atoms with Crippen molar-refractivity contribution in [3.63, 3.8) is 0 Å². The molecule has 2 aliphatic heterocycles. The van der Waals surface area contributed by atoms with Crippen LogP contribution in [-0.2, 0) is 14.4 Å².